The number of amides is 2. The van der Waals surface area contributed by atoms with Crippen molar-refractivity contribution in [1.29, 1.82) is 0 Å². The summed E-state index contributed by atoms with van der Waals surface area (Å²) in [6, 6.07) is 10.3. The van der Waals surface area contributed by atoms with Gasteiger partial charge in [0.05, 0.1) is 16.4 Å². The zero-order valence-electron chi connectivity index (χ0n) is 16.6. The number of benzene rings is 2. The van der Waals surface area contributed by atoms with E-state index in [4.69, 9.17) is 32.7 Å². The largest absolute Gasteiger partial charge is 0.482 e. The molecule has 0 bridgehead atoms. The van der Waals surface area contributed by atoms with E-state index in [1.54, 1.807) is 29.2 Å². The molecule has 10 heteroatoms. The zero-order valence-corrected chi connectivity index (χ0v) is 19.0. The Morgan fingerprint density at radius 1 is 1.31 bits per heavy atom. The lowest BCUT2D eigenvalue weighted by atomic mass is 10.1. The fourth-order valence-corrected chi connectivity index (χ4v) is 4.24. The van der Waals surface area contributed by atoms with Gasteiger partial charge in [-0.15, -0.1) is 17.9 Å². The van der Waals surface area contributed by atoms with Crippen LogP contribution < -0.4 is 19.7 Å². The second kappa shape index (κ2) is 9.60. The predicted octanol–water partition coefficient (Wildman–Crippen LogP) is 5.05. The Bertz CT molecular complexity index is 1200. The van der Waals surface area contributed by atoms with Gasteiger partial charge in [0.1, 0.15) is 11.5 Å². The monoisotopic (exact) mass is 489 g/mol. The Hall–Kier alpha value is -3.07. The summed E-state index contributed by atoms with van der Waals surface area (Å²) >= 11 is 13.2. The maximum Gasteiger partial charge on any atom is 0.265 e. The van der Waals surface area contributed by atoms with Crippen LogP contribution in [0.1, 0.15) is 0 Å². The highest BCUT2D eigenvalue weighted by Crippen LogP contribution is 2.36. The van der Waals surface area contributed by atoms with Crippen LogP contribution in [0.25, 0.3) is 11.3 Å². The summed E-state index contributed by atoms with van der Waals surface area (Å²) in [6.45, 7) is 3.86. The molecule has 0 fully saturated rings. The maximum atomic E-state index is 12.2. The maximum absolute atomic E-state index is 12.2. The van der Waals surface area contributed by atoms with Crippen molar-refractivity contribution in [2.45, 2.75) is 0 Å². The molecular formula is C22H17Cl2N3O4S. The fourth-order valence-electron chi connectivity index (χ4n) is 3.05. The first-order valence-corrected chi connectivity index (χ1v) is 11.1. The molecule has 0 saturated carbocycles. The average molecular weight is 490 g/mol. The highest BCUT2D eigenvalue weighted by atomic mass is 35.5. The van der Waals surface area contributed by atoms with E-state index in [0.717, 1.165) is 5.56 Å². The molecule has 1 N–H and O–H groups in total. The highest BCUT2D eigenvalue weighted by Gasteiger charge is 2.25. The van der Waals surface area contributed by atoms with Crippen LogP contribution in [0.5, 0.6) is 11.5 Å². The Balaban J connectivity index is 1.44. The van der Waals surface area contributed by atoms with Crippen molar-refractivity contribution >= 4 is 57.2 Å². The fraction of sp³-hybridized carbons (Fsp3) is 0.136. The smallest absolute Gasteiger partial charge is 0.265 e. The normalized spacial score (nSPS) is 12.7. The lowest BCUT2D eigenvalue weighted by Gasteiger charge is -2.28. The molecule has 2 aromatic carbocycles. The molecule has 2 amide bonds. The number of anilines is 2. The Kier molecular flexibility index (Phi) is 6.64. The minimum Gasteiger partial charge on any atom is -0.482 e. The van der Waals surface area contributed by atoms with Crippen LogP contribution in [0.3, 0.4) is 0 Å². The first kappa shape index (κ1) is 22.1. The lowest BCUT2D eigenvalue weighted by molar-refractivity contribution is -0.121. The average Bonchev–Trinajstić information content (AvgIpc) is 3.23. The number of hydrogen-bond donors (Lipinski definition) is 1. The van der Waals surface area contributed by atoms with Crippen molar-refractivity contribution < 1.29 is 19.1 Å². The van der Waals surface area contributed by atoms with Crippen LogP contribution in [-0.4, -0.2) is 36.6 Å². The first-order chi connectivity index (χ1) is 15.4. The molecule has 0 unspecified atom stereocenters. The molecule has 4 rings (SSSR count). The molecule has 0 atom stereocenters. The van der Waals surface area contributed by atoms with Crippen LogP contribution in [0.4, 0.5) is 10.8 Å². The van der Waals surface area contributed by atoms with Gasteiger partial charge in [-0.3, -0.25) is 14.9 Å². The van der Waals surface area contributed by atoms with Crippen LogP contribution >= 0.6 is 34.5 Å². The van der Waals surface area contributed by atoms with Gasteiger partial charge in [0.15, 0.2) is 18.3 Å². The summed E-state index contributed by atoms with van der Waals surface area (Å²) in [4.78, 5) is 30.5. The summed E-state index contributed by atoms with van der Waals surface area (Å²) in [5, 5.41) is 5.74. The van der Waals surface area contributed by atoms with E-state index in [9.17, 15) is 9.59 Å². The second-order valence-electron chi connectivity index (χ2n) is 6.71. The number of carbonyl (C=O) groups excluding carboxylic acids is 2. The molecular weight excluding hydrogens is 473 g/mol. The number of ether oxygens (including phenoxy) is 2. The van der Waals surface area contributed by atoms with Crippen molar-refractivity contribution in [3.05, 3.63) is 64.5 Å². The molecule has 0 spiro atoms. The SMILES string of the molecule is C=CCN1C(=O)COc2ccc(-c3csc(NC(=O)COc4ccc(Cl)cc4Cl)n3)cc21. The van der Waals surface area contributed by atoms with Gasteiger partial charge in [0.25, 0.3) is 11.8 Å². The van der Waals surface area contributed by atoms with Crippen LogP contribution in [0.2, 0.25) is 10.0 Å². The summed E-state index contributed by atoms with van der Waals surface area (Å²) < 4.78 is 10.9. The van der Waals surface area contributed by atoms with Crippen molar-refractivity contribution in [3.8, 4) is 22.8 Å². The summed E-state index contributed by atoms with van der Waals surface area (Å²) in [6.07, 6.45) is 1.66. The number of thiazole rings is 1. The van der Waals surface area contributed by atoms with Crippen LogP contribution in [0.15, 0.2) is 54.4 Å². The quantitative estimate of drug-likeness (QED) is 0.469. The molecule has 7 nitrogen and oxygen atoms in total. The molecule has 1 aliphatic rings. The van der Waals surface area contributed by atoms with E-state index >= 15 is 0 Å². The van der Waals surface area contributed by atoms with Crippen molar-refractivity contribution in [2.75, 3.05) is 30.0 Å². The van der Waals surface area contributed by atoms with Gasteiger partial charge in [-0.1, -0.05) is 29.3 Å². The Morgan fingerprint density at radius 2 is 2.16 bits per heavy atom. The molecule has 164 valence electrons. The highest BCUT2D eigenvalue weighted by molar-refractivity contribution is 7.14. The van der Waals surface area contributed by atoms with E-state index in [2.05, 4.69) is 16.9 Å². The number of aromatic nitrogens is 1. The number of hydrogen-bond acceptors (Lipinski definition) is 6. The second-order valence-corrected chi connectivity index (χ2v) is 8.42. The lowest BCUT2D eigenvalue weighted by Crippen LogP contribution is -2.38. The van der Waals surface area contributed by atoms with Gasteiger partial charge in [-0.05, 0) is 36.4 Å². The zero-order chi connectivity index (χ0) is 22.7. The van der Waals surface area contributed by atoms with Crippen LogP contribution in [0, 0.1) is 0 Å². The van der Waals surface area contributed by atoms with Crippen molar-refractivity contribution in [2.24, 2.45) is 0 Å². The third-order valence-corrected chi connectivity index (χ3v) is 5.80. The molecule has 1 aromatic heterocycles. The van der Waals surface area contributed by atoms with Gasteiger partial charge < -0.3 is 14.4 Å². The third-order valence-electron chi connectivity index (χ3n) is 4.51. The van der Waals surface area contributed by atoms with Crippen LogP contribution in [-0.2, 0) is 9.59 Å². The topological polar surface area (TPSA) is 80.8 Å². The van der Waals surface area contributed by atoms with Crippen molar-refractivity contribution in [3.63, 3.8) is 0 Å². The predicted molar refractivity (Wildman–Crippen MR) is 126 cm³/mol. The Labute approximate surface area is 198 Å². The minimum atomic E-state index is -0.376. The number of halogens is 2. The molecule has 0 saturated heterocycles. The molecule has 1 aliphatic heterocycles. The molecule has 2 heterocycles. The summed E-state index contributed by atoms with van der Waals surface area (Å²) in [7, 11) is 0. The van der Waals surface area contributed by atoms with E-state index in [1.807, 2.05) is 17.5 Å². The first-order valence-electron chi connectivity index (χ1n) is 9.46. The minimum absolute atomic E-state index is 0.00360. The van der Waals surface area contributed by atoms with Gasteiger partial charge in [-0.2, -0.15) is 0 Å². The number of fused-ring (bicyclic) bond motifs is 1. The number of nitrogens with one attached hydrogen (secondary N) is 1. The van der Waals surface area contributed by atoms with E-state index in [0.29, 0.717) is 44.6 Å². The summed E-state index contributed by atoms with van der Waals surface area (Å²) in [5.41, 5.74) is 2.11. The molecule has 32 heavy (non-hydrogen) atoms. The van der Waals surface area contributed by atoms with Gasteiger partial charge >= 0.3 is 0 Å². The molecule has 3 aromatic rings. The van der Waals surface area contributed by atoms with E-state index < -0.39 is 0 Å². The van der Waals surface area contributed by atoms with E-state index in [1.165, 1.54) is 17.4 Å². The van der Waals surface area contributed by atoms with Crippen molar-refractivity contribution in [1.82, 2.24) is 4.98 Å². The van der Waals surface area contributed by atoms with Gasteiger partial charge in [0.2, 0.25) is 0 Å². The number of nitrogens with zero attached hydrogens (tertiary/aromatic N) is 2. The third kappa shape index (κ3) is 4.88. The summed E-state index contributed by atoms with van der Waals surface area (Å²) in [5.74, 6) is 0.470. The molecule has 0 aliphatic carbocycles. The number of carbonyl (C=O) groups is 2. The van der Waals surface area contributed by atoms with E-state index in [-0.39, 0.29) is 25.0 Å². The van der Waals surface area contributed by atoms with Gasteiger partial charge in [0, 0.05) is 22.5 Å². The number of rotatable bonds is 7. The standard InChI is InChI=1S/C22H17Cl2N3O4S/c1-2-7-27-17-8-13(3-5-19(17)31-11-21(27)29)16-12-32-22(25-16)26-20(28)10-30-18-6-4-14(23)9-15(18)24/h2-6,8-9,12H,1,7,10-11H2,(H,25,26,28). The Morgan fingerprint density at radius 3 is 2.94 bits per heavy atom. The molecule has 0 radical (unpaired) electrons. The van der Waals surface area contributed by atoms with Gasteiger partial charge in [-0.25, -0.2) is 4.98 Å².